The zero-order valence-electron chi connectivity index (χ0n) is 10.2. The highest BCUT2D eigenvalue weighted by Gasteiger charge is 1.99. The Morgan fingerprint density at radius 1 is 0.889 bits per heavy atom. The van der Waals surface area contributed by atoms with E-state index in [1.54, 1.807) is 0 Å². The van der Waals surface area contributed by atoms with Crippen molar-refractivity contribution in [2.24, 2.45) is 0 Å². The maximum absolute atomic E-state index is 5.97. The zero-order chi connectivity index (χ0) is 13.0. The van der Waals surface area contributed by atoms with Gasteiger partial charge in [0, 0.05) is 13.1 Å². The van der Waals surface area contributed by atoms with Gasteiger partial charge in [-0.05, 0) is 30.2 Å². The third kappa shape index (κ3) is 3.74. The lowest BCUT2D eigenvalue weighted by Gasteiger charge is -2.07. The Bertz CT molecular complexity index is 538. The molecular formula is C15H15Cl2N. The second-order valence-electron chi connectivity index (χ2n) is 4.34. The number of aryl methyl sites for hydroxylation is 1. The van der Waals surface area contributed by atoms with Gasteiger partial charge in [0.2, 0.25) is 0 Å². The van der Waals surface area contributed by atoms with E-state index in [4.69, 9.17) is 23.2 Å². The van der Waals surface area contributed by atoms with Gasteiger partial charge in [-0.15, -0.1) is 0 Å². The molecule has 0 unspecified atom stereocenters. The van der Waals surface area contributed by atoms with Crippen LogP contribution < -0.4 is 5.32 Å². The molecule has 0 amide bonds. The average Bonchev–Trinajstić information content (AvgIpc) is 2.34. The first-order valence-electron chi connectivity index (χ1n) is 5.85. The van der Waals surface area contributed by atoms with Crippen molar-refractivity contribution in [3.8, 4) is 0 Å². The van der Waals surface area contributed by atoms with E-state index in [1.165, 1.54) is 11.1 Å². The Hall–Kier alpha value is -1.02. The molecular weight excluding hydrogens is 265 g/mol. The summed E-state index contributed by atoms with van der Waals surface area (Å²) >= 11 is 11.8. The third-order valence-corrected chi connectivity index (χ3v) is 3.46. The molecule has 0 bridgehead atoms. The van der Waals surface area contributed by atoms with Crippen LogP contribution in [0, 0.1) is 6.92 Å². The number of benzene rings is 2. The van der Waals surface area contributed by atoms with Gasteiger partial charge in [0.05, 0.1) is 10.0 Å². The Morgan fingerprint density at radius 3 is 2.28 bits per heavy atom. The van der Waals surface area contributed by atoms with Crippen molar-refractivity contribution in [3.05, 3.63) is 69.2 Å². The van der Waals surface area contributed by atoms with E-state index in [-0.39, 0.29) is 0 Å². The highest BCUT2D eigenvalue weighted by molar-refractivity contribution is 6.42. The Morgan fingerprint density at radius 2 is 1.61 bits per heavy atom. The summed E-state index contributed by atoms with van der Waals surface area (Å²) in [4.78, 5) is 0. The molecule has 2 aromatic rings. The van der Waals surface area contributed by atoms with Crippen molar-refractivity contribution in [1.29, 1.82) is 0 Å². The largest absolute Gasteiger partial charge is 0.309 e. The van der Waals surface area contributed by atoms with Crippen LogP contribution >= 0.6 is 23.2 Å². The van der Waals surface area contributed by atoms with Gasteiger partial charge in [0.15, 0.2) is 0 Å². The average molecular weight is 280 g/mol. The predicted molar refractivity (Wildman–Crippen MR) is 78.2 cm³/mol. The van der Waals surface area contributed by atoms with Crippen molar-refractivity contribution in [2.45, 2.75) is 20.0 Å². The molecule has 2 aromatic carbocycles. The Kier molecular flexibility index (Phi) is 4.65. The molecule has 0 saturated carbocycles. The quantitative estimate of drug-likeness (QED) is 0.863. The molecule has 0 atom stereocenters. The molecule has 0 aliphatic carbocycles. The minimum Gasteiger partial charge on any atom is -0.309 e. The van der Waals surface area contributed by atoms with E-state index in [2.05, 4.69) is 36.5 Å². The van der Waals surface area contributed by atoms with Crippen LogP contribution in [-0.2, 0) is 13.1 Å². The Labute approximate surface area is 118 Å². The highest BCUT2D eigenvalue weighted by atomic mass is 35.5. The highest BCUT2D eigenvalue weighted by Crippen LogP contribution is 2.22. The topological polar surface area (TPSA) is 12.0 Å². The minimum absolute atomic E-state index is 0.596. The van der Waals surface area contributed by atoms with E-state index < -0.39 is 0 Å². The van der Waals surface area contributed by atoms with Crippen molar-refractivity contribution >= 4 is 23.2 Å². The number of hydrogen-bond acceptors (Lipinski definition) is 1. The third-order valence-electron chi connectivity index (χ3n) is 2.72. The summed E-state index contributed by atoms with van der Waals surface area (Å²) in [6, 6.07) is 14.2. The van der Waals surface area contributed by atoms with E-state index in [0.29, 0.717) is 10.0 Å². The molecule has 0 spiro atoms. The van der Waals surface area contributed by atoms with Gasteiger partial charge < -0.3 is 5.32 Å². The van der Waals surface area contributed by atoms with Crippen LogP contribution in [0.3, 0.4) is 0 Å². The van der Waals surface area contributed by atoms with Gasteiger partial charge in [-0.1, -0.05) is 59.1 Å². The summed E-state index contributed by atoms with van der Waals surface area (Å²) < 4.78 is 0. The molecule has 0 aliphatic heterocycles. The first-order chi connectivity index (χ1) is 8.65. The van der Waals surface area contributed by atoms with Gasteiger partial charge in [0.25, 0.3) is 0 Å². The summed E-state index contributed by atoms with van der Waals surface area (Å²) in [5, 5.41) is 4.59. The van der Waals surface area contributed by atoms with E-state index in [9.17, 15) is 0 Å². The van der Waals surface area contributed by atoms with Crippen LogP contribution in [0.15, 0.2) is 42.5 Å². The smallest absolute Gasteiger partial charge is 0.0595 e. The van der Waals surface area contributed by atoms with Crippen LogP contribution in [0.25, 0.3) is 0 Å². The van der Waals surface area contributed by atoms with Crippen molar-refractivity contribution in [2.75, 3.05) is 0 Å². The lowest BCUT2D eigenvalue weighted by Crippen LogP contribution is -2.12. The number of nitrogens with one attached hydrogen (secondary N) is 1. The molecule has 0 aliphatic rings. The van der Waals surface area contributed by atoms with E-state index >= 15 is 0 Å². The van der Waals surface area contributed by atoms with Crippen molar-refractivity contribution < 1.29 is 0 Å². The van der Waals surface area contributed by atoms with Gasteiger partial charge in [-0.25, -0.2) is 0 Å². The maximum atomic E-state index is 5.97. The standard InChI is InChI=1S/C15H15Cl2N/c1-11-3-2-4-12(7-11)9-18-10-13-5-6-14(16)15(17)8-13/h2-8,18H,9-10H2,1H3. The minimum atomic E-state index is 0.596. The molecule has 94 valence electrons. The Balaban J connectivity index is 1.90. The summed E-state index contributed by atoms with van der Waals surface area (Å²) in [6.07, 6.45) is 0. The van der Waals surface area contributed by atoms with Crippen LogP contribution in [-0.4, -0.2) is 0 Å². The molecule has 1 N–H and O–H groups in total. The van der Waals surface area contributed by atoms with Gasteiger partial charge >= 0.3 is 0 Å². The fraction of sp³-hybridized carbons (Fsp3) is 0.200. The second kappa shape index (κ2) is 6.24. The van der Waals surface area contributed by atoms with Crippen LogP contribution in [0.2, 0.25) is 10.0 Å². The molecule has 18 heavy (non-hydrogen) atoms. The van der Waals surface area contributed by atoms with Crippen LogP contribution in [0.1, 0.15) is 16.7 Å². The fourth-order valence-electron chi connectivity index (χ4n) is 1.82. The normalized spacial score (nSPS) is 10.6. The summed E-state index contributed by atoms with van der Waals surface area (Å²) in [5.41, 5.74) is 3.70. The van der Waals surface area contributed by atoms with E-state index in [0.717, 1.165) is 18.7 Å². The number of halogens is 2. The first-order valence-corrected chi connectivity index (χ1v) is 6.61. The summed E-state index contributed by atoms with van der Waals surface area (Å²) in [7, 11) is 0. The summed E-state index contributed by atoms with van der Waals surface area (Å²) in [6.45, 7) is 3.73. The second-order valence-corrected chi connectivity index (χ2v) is 5.16. The first kappa shape index (κ1) is 13.4. The van der Waals surface area contributed by atoms with Gasteiger partial charge in [-0.3, -0.25) is 0 Å². The molecule has 0 aromatic heterocycles. The number of hydrogen-bond donors (Lipinski definition) is 1. The lowest BCUT2D eigenvalue weighted by molar-refractivity contribution is 0.693. The number of rotatable bonds is 4. The van der Waals surface area contributed by atoms with E-state index in [1.807, 2.05) is 18.2 Å². The van der Waals surface area contributed by atoms with Crippen LogP contribution in [0.4, 0.5) is 0 Å². The molecule has 0 saturated heterocycles. The molecule has 3 heteroatoms. The van der Waals surface area contributed by atoms with Crippen molar-refractivity contribution in [3.63, 3.8) is 0 Å². The molecule has 0 radical (unpaired) electrons. The molecule has 0 heterocycles. The molecule has 0 fully saturated rings. The van der Waals surface area contributed by atoms with Gasteiger partial charge in [0.1, 0.15) is 0 Å². The summed E-state index contributed by atoms with van der Waals surface area (Å²) in [5.74, 6) is 0. The van der Waals surface area contributed by atoms with Gasteiger partial charge in [-0.2, -0.15) is 0 Å². The monoisotopic (exact) mass is 279 g/mol. The molecule has 2 rings (SSSR count). The van der Waals surface area contributed by atoms with Crippen molar-refractivity contribution in [1.82, 2.24) is 5.32 Å². The molecule has 1 nitrogen and oxygen atoms in total. The lowest BCUT2D eigenvalue weighted by atomic mass is 10.1. The maximum Gasteiger partial charge on any atom is 0.0595 e. The van der Waals surface area contributed by atoms with Crippen LogP contribution in [0.5, 0.6) is 0 Å². The SMILES string of the molecule is Cc1cccc(CNCc2ccc(Cl)c(Cl)c2)c1. The fourth-order valence-corrected chi connectivity index (χ4v) is 2.14. The zero-order valence-corrected chi connectivity index (χ0v) is 11.7. The predicted octanol–water partition coefficient (Wildman–Crippen LogP) is 4.59.